The maximum Gasteiger partial charge on any atom is 0.416 e. The largest absolute Gasteiger partial charge is 0.462 e. The molecule has 5 nitrogen and oxygen atoms in total. The minimum atomic E-state index is -4.41. The Morgan fingerprint density at radius 1 is 1.05 bits per heavy atom. The molecule has 1 aromatic heterocycles. The molecule has 2 saturated heterocycles. The summed E-state index contributed by atoms with van der Waals surface area (Å²) < 4.78 is 45.1. The van der Waals surface area contributed by atoms with Gasteiger partial charge >= 0.3 is 12.1 Å². The van der Waals surface area contributed by atoms with Crippen molar-refractivity contribution in [1.82, 2.24) is 9.88 Å². The minimum Gasteiger partial charge on any atom is -0.462 e. The number of allylic oxidation sites excluding steroid dienone is 1. The van der Waals surface area contributed by atoms with Gasteiger partial charge in [0.05, 0.1) is 17.2 Å². The van der Waals surface area contributed by atoms with Gasteiger partial charge in [0, 0.05) is 36.3 Å². The Bertz CT molecular complexity index is 1450. The molecule has 212 valence electrons. The zero-order valence-corrected chi connectivity index (χ0v) is 22.6. The third-order valence-electron chi connectivity index (χ3n) is 9.01. The standard InChI is InChI=1S/C33H31F3N2O3/c1-20-30-28(13-12-26-11-10-23(18-37-26)22-8-5-9-25(16-22)33(34,35)36)27-14-15-38(31(39)21-6-3-2-4-7-21)19-24(27)17-29(30)32(40)41-20/h2-13,16,18,20,24,27-30H,14-15,17,19H2,1H3/b13-12+/t20-,24?,27?,28?,29?,30?/m1/s1. The number of likely N-dealkylation sites (tertiary alicyclic amines) is 1. The van der Waals surface area contributed by atoms with Gasteiger partial charge in [-0.15, -0.1) is 0 Å². The molecule has 6 rings (SSSR count). The van der Waals surface area contributed by atoms with E-state index in [2.05, 4.69) is 11.1 Å². The first-order valence-corrected chi connectivity index (χ1v) is 14.1. The summed E-state index contributed by atoms with van der Waals surface area (Å²) in [7, 11) is 0. The summed E-state index contributed by atoms with van der Waals surface area (Å²) >= 11 is 0. The number of cyclic esters (lactones) is 1. The van der Waals surface area contributed by atoms with Crippen molar-refractivity contribution >= 4 is 18.0 Å². The number of alkyl halides is 3. The topological polar surface area (TPSA) is 59.5 Å². The minimum absolute atomic E-state index is 0.0192. The zero-order chi connectivity index (χ0) is 28.7. The normalized spacial score (nSPS) is 27.8. The molecule has 1 aliphatic carbocycles. The summed E-state index contributed by atoms with van der Waals surface area (Å²) in [6.45, 7) is 3.22. The molecule has 1 saturated carbocycles. The predicted molar refractivity (Wildman–Crippen MR) is 148 cm³/mol. The van der Waals surface area contributed by atoms with Gasteiger partial charge in [-0.3, -0.25) is 14.6 Å². The second-order valence-electron chi connectivity index (χ2n) is 11.4. The van der Waals surface area contributed by atoms with E-state index in [1.165, 1.54) is 6.07 Å². The van der Waals surface area contributed by atoms with Gasteiger partial charge in [0.15, 0.2) is 0 Å². The van der Waals surface area contributed by atoms with Gasteiger partial charge in [-0.25, -0.2) is 0 Å². The number of hydrogen-bond acceptors (Lipinski definition) is 4. The molecule has 0 spiro atoms. The van der Waals surface area contributed by atoms with Crippen molar-refractivity contribution in [3.05, 3.63) is 95.8 Å². The maximum absolute atomic E-state index is 13.2. The number of benzene rings is 2. The maximum atomic E-state index is 13.2. The highest BCUT2D eigenvalue weighted by Gasteiger charge is 2.54. The van der Waals surface area contributed by atoms with Gasteiger partial charge < -0.3 is 9.64 Å². The summed E-state index contributed by atoms with van der Waals surface area (Å²) in [5.41, 5.74) is 1.72. The molecule has 2 aromatic carbocycles. The van der Waals surface area contributed by atoms with E-state index in [1.807, 2.05) is 48.2 Å². The van der Waals surface area contributed by atoms with E-state index in [4.69, 9.17) is 4.74 Å². The molecular formula is C33H31F3N2O3. The van der Waals surface area contributed by atoms with Crippen LogP contribution in [0, 0.1) is 29.6 Å². The molecular weight excluding hydrogens is 529 g/mol. The van der Waals surface area contributed by atoms with Gasteiger partial charge in [0.2, 0.25) is 0 Å². The average Bonchev–Trinajstić information content (AvgIpc) is 3.27. The van der Waals surface area contributed by atoms with Crippen LogP contribution in [0.4, 0.5) is 13.2 Å². The predicted octanol–water partition coefficient (Wildman–Crippen LogP) is 6.76. The molecule has 8 heteroatoms. The Balaban J connectivity index is 1.22. The Morgan fingerprint density at radius 3 is 2.59 bits per heavy atom. The van der Waals surface area contributed by atoms with Crippen LogP contribution in [0.2, 0.25) is 0 Å². The number of aromatic nitrogens is 1. The zero-order valence-electron chi connectivity index (χ0n) is 22.6. The quantitative estimate of drug-likeness (QED) is 0.331. The SMILES string of the molecule is C[C@H]1OC(=O)C2CC3CN(C(=O)c4ccccc4)CCC3C(/C=C/c3ccc(-c4cccc(C(F)(F)F)c4)cn3)C21. The lowest BCUT2D eigenvalue weighted by Crippen LogP contribution is -2.51. The highest BCUT2D eigenvalue weighted by molar-refractivity contribution is 5.94. The van der Waals surface area contributed by atoms with E-state index in [1.54, 1.807) is 24.4 Å². The smallest absolute Gasteiger partial charge is 0.416 e. The lowest BCUT2D eigenvalue weighted by atomic mass is 9.59. The van der Waals surface area contributed by atoms with E-state index in [9.17, 15) is 22.8 Å². The summed E-state index contributed by atoms with van der Waals surface area (Å²) in [4.78, 5) is 32.4. The molecule has 1 amide bonds. The lowest BCUT2D eigenvalue weighted by Gasteiger charge is -2.48. The molecule has 3 heterocycles. The molecule has 0 bridgehead atoms. The Hall–Kier alpha value is -3.94. The van der Waals surface area contributed by atoms with Gasteiger partial charge in [-0.1, -0.05) is 42.5 Å². The first kappa shape index (κ1) is 27.2. The molecule has 5 unspecified atom stereocenters. The molecule has 41 heavy (non-hydrogen) atoms. The number of hydrogen-bond donors (Lipinski definition) is 0. The van der Waals surface area contributed by atoms with E-state index >= 15 is 0 Å². The number of piperidine rings is 1. The van der Waals surface area contributed by atoms with Crippen LogP contribution in [0.5, 0.6) is 0 Å². The third-order valence-corrected chi connectivity index (χ3v) is 9.01. The van der Waals surface area contributed by atoms with Crippen LogP contribution in [0.1, 0.15) is 41.4 Å². The summed E-state index contributed by atoms with van der Waals surface area (Å²) in [6.07, 6.45) is 2.61. The van der Waals surface area contributed by atoms with Gasteiger partial charge in [0.25, 0.3) is 5.91 Å². The van der Waals surface area contributed by atoms with Crippen LogP contribution >= 0.6 is 0 Å². The van der Waals surface area contributed by atoms with E-state index in [-0.39, 0.29) is 41.7 Å². The molecule has 0 radical (unpaired) electrons. The fraction of sp³-hybridized carbons (Fsp3) is 0.364. The Labute approximate surface area is 237 Å². The highest BCUT2D eigenvalue weighted by atomic mass is 19.4. The van der Waals surface area contributed by atoms with Crippen LogP contribution in [0.3, 0.4) is 0 Å². The first-order chi connectivity index (χ1) is 19.7. The second kappa shape index (κ2) is 10.8. The summed E-state index contributed by atoms with van der Waals surface area (Å²) in [5.74, 6) is 0.277. The van der Waals surface area contributed by atoms with Crippen molar-refractivity contribution in [3.63, 3.8) is 0 Å². The molecule has 3 aliphatic rings. The van der Waals surface area contributed by atoms with Crippen LogP contribution in [-0.4, -0.2) is 41.0 Å². The second-order valence-corrected chi connectivity index (χ2v) is 11.4. The van der Waals surface area contributed by atoms with Gasteiger partial charge in [-0.2, -0.15) is 13.2 Å². The third kappa shape index (κ3) is 5.39. The number of esters is 1. The Morgan fingerprint density at radius 2 is 1.85 bits per heavy atom. The van der Waals surface area contributed by atoms with E-state index in [0.717, 1.165) is 18.6 Å². The molecule has 2 aliphatic heterocycles. The fourth-order valence-corrected chi connectivity index (χ4v) is 7.06. The number of carbonyl (C=O) groups excluding carboxylic acids is 2. The lowest BCUT2D eigenvalue weighted by molar-refractivity contribution is -0.144. The summed E-state index contributed by atoms with van der Waals surface area (Å²) in [6, 6.07) is 18.1. The average molecular weight is 561 g/mol. The highest BCUT2D eigenvalue weighted by Crippen LogP contribution is 2.51. The van der Waals surface area contributed by atoms with Crippen LogP contribution in [0.15, 0.2) is 79.0 Å². The van der Waals surface area contributed by atoms with Crippen molar-refractivity contribution in [2.45, 2.75) is 32.0 Å². The molecule has 3 aromatic rings. The first-order valence-electron chi connectivity index (χ1n) is 14.1. The van der Waals surface area contributed by atoms with Gasteiger partial charge in [-0.05, 0) is 79.5 Å². The van der Waals surface area contributed by atoms with Crippen molar-refractivity contribution < 1.29 is 27.5 Å². The molecule has 6 atom stereocenters. The number of pyridine rings is 1. The van der Waals surface area contributed by atoms with Crippen molar-refractivity contribution in [1.29, 1.82) is 0 Å². The van der Waals surface area contributed by atoms with Crippen LogP contribution in [-0.2, 0) is 15.7 Å². The number of rotatable bonds is 4. The number of amides is 1. The number of nitrogens with zero attached hydrogens (tertiary/aromatic N) is 2. The molecule has 3 fully saturated rings. The van der Waals surface area contributed by atoms with Crippen molar-refractivity contribution in [3.8, 4) is 11.1 Å². The monoisotopic (exact) mass is 560 g/mol. The number of ether oxygens (including phenoxy) is 1. The van der Waals surface area contributed by atoms with E-state index < -0.39 is 11.7 Å². The Kier molecular flexibility index (Phi) is 7.18. The van der Waals surface area contributed by atoms with Crippen molar-refractivity contribution in [2.75, 3.05) is 13.1 Å². The van der Waals surface area contributed by atoms with Gasteiger partial charge in [0.1, 0.15) is 6.10 Å². The van der Waals surface area contributed by atoms with Crippen LogP contribution < -0.4 is 0 Å². The fourth-order valence-electron chi connectivity index (χ4n) is 7.06. The van der Waals surface area contributed by atoms with Crippen molar-refractivity contribution in [2.24, 2.45) is 29.6 Å². The summed E-state index contributed by atoms with van der Waals surface area (Å²) in [5, 5.41) is 0. The van der Waals surface area contributed by atoms with E-state index in [0.29, 0.717) is 47.8 Å². The molecule has 0 N–H and O–H groups in total. The number of carbonyl (C=O) groups is 2. The van der Waals surface area contributed by atoms with Crippen LogP contribution in [0.25, 0.3) is 17.2 Å². The number of fused-ring (bicyclic) bond motifs is 2. The number of halogens is 3.